The van der Waals surface area contributed by atoms with Gasteiger partial charge in [-0.1, -0.05) is 0 Å². The van der Waals surface area contributed by atoms with Crippen LogP contribution in [-0.4, -0.2) is 62.7 Å². The van der Waals surface area contributed by atoms with Crippen LogP contribution < -0.4 is 16.6 Å². The van der Waals surface area contributed by atoms with Crippen LogP contribution in [0, 0.1) is 0 Å². The molecule has 1 fully saturated rings. The Kier molecular flexibility index (Phi) is 5.31. The first-order valence-electron chi connectivity index (χ1n) is 7.05. The van der Waals surface area contributed by atoms with Crippen molar-refractivity contribution in [3.05, 3.63) is 32.6 Å². The lowest BCUT2D eigenvalue weighted by atomic mass is 10.0. The molecule has 0 radical (unpaired) electrons. The lowest BCUT2D eigenvalue weighted by molar-refractivity contribution is -0.120. The number of aryl methyl sites for hydroxylation is 1. The number of amides is 1. The maximum absolute atomic E-state index is 11.9. The molecule has 0 aliphatic carbocycles. The second kappa shape index (κ2) is 7.04. The number of carbonyl (C=O) groups excluding carboxylic acids is 1. The van der Waals surface area contributed by atoms with Crippen molar-refractivity contribution < 1.29 is 24.9 Å². The Bertz CT molecular complexity index is 683. The minimum absolute atomic E-state index is 0.0249. The highest BCUT2D eigenvalue weighted by molar-refractivity contribution is 5.75. The topological polar surface area (TPSA) is 154 Å². The van der Waals surface area contributed by atoms with Crippen LogP contribution >= 0.6 is 0 Å². The van der Waals surface area contributed by atoms with E-state index in [1.165, 1.54) is 13.2 Å². The van der Waals surface area contributed by atoms with Gasteiger partial charge in [-0.2, -0.15) is 0 Å². The first-order valence-corrected chi connectivity index (χ1v) is 7.05. The van der Waals surface area contributed by atoms with E-state index in [4.69, 9.17) is 9.84 Å². The predicted molar refractivity (Wildman–Crippen MR) is 76.7 cm³/mol. The summed E-state index contributed by atoms with van der Waals surface area (Å²) < 4.78 is 6.39. The van der Waals surface area contributed by atoms with Crippen LogP contribution in [0.4, 0.5) is 0 Å². The van der Waals surface area contributed by atoms with Gasteiger partial charge >= 0.3 is 5.69 Å². The highest BCUT2D eigenvalue weighted by atomic mass is 16.6. The number of hydrogen-bond acceptors (Lipinski definition) is 7. The maximum atomic E-state index is 11.9. The summed E-state index contributed by atoms with van der Waals surface area (Å²) >= 11 is 0. The zero-order valence-electron chi connectivity index (χ0n) is 12.4. The van der Waals surface area contributed by atoms with Crippen LogP contribution in [0.25, 0.3) is 0 Å². The number of ether oxygens (including phenoxy) is 1. The number of aliphatic hydroxyl groups excluding tert-OH is 3. The minimum Gasteiger partial charge on any atom is -0.394 e. The third kappa shape index (κ3) is 3.50. The van der Waals surface area contributed by atoms with Crippen LogP contribution in [0.3, 0.4) is 0 Å². The molecular weight excluding hydrogens is 310 g/mol. The third-order valence-electron chi connectivity index (χ3n) is 3.75. The summed E-state index contributed by atoms with van der Waals surface area (Å²) in [7, 11) is 1.46. The van der Waals surface area contributed by atoms with Crippen molar-refractivity contribution in [3.63, 3.8) is 0 Å². The van der Waals surface area contributed by atoms with Crippen LogP contribution in [-0.2, 0) is 16.1 Å². The van der Waals surface area contributed by atoms with E-state index in [1.807, 2.05) is 0 Å². The largest absolute Gasteiger partial charge is 0.394 e. The molecular formula is C13H19N3O7. The standard InChI is InChI=1S/C13H19N3O7/c1-14-8(18)2-3-16-4-6(12(21)15-13(16)22)11-10(20)9(19)7(5-17)23-11/h4,7,9-11,17,19-20H,2-3,5H2,1H3,(H,14,18)(H,15,21,22)/t7-,9?,10?,11+/m1/s1. The van der Waals surface area contributed by atoms with Crippen molar-refractivity contribution in [2.45, 2.75) is 37.4 Å². The number of H-pyrrole nitrogens is 1. The molecule has 1 aromatic heterocycles. The lowest BCUT2D eigenvalue weighted by Gasteiger charge is -2.15. The summed E-state index contributed by atoms with van der Waals surface area (Å²) in [5.74, 6) is -0.280. The summed E-state index contributed by atoms with van der Waals surface area (Å²) in [5.41, 5.74) is -1.53. The van der Waals surface area contributed by atoms with E-state index in [-0.39, 0.29) is 24.4 Å². The van der Waals surface area contributed by atoms with Crippen molar-refractivity contribution in [1.82, 2.24) is 14.9 Å². The summed E-state index contributed by atoms with van der Waals surface area (Å²) in [6, 6.07) is 0. The smallest absolute Gasteiger partial charge is 0.328 e. The van der Waals surface area contributed by atoms with Crippen LogP contribution in [0.2, 0.25) is 0 Å². The Balaban J connectivity index is 2.31. The Morgan fingerprint density at radius 1 is 1.39 bits per heavy atom. The van der Waals surface area contributed by atoms with Crippen molar-refractivity contribution in [2.75, 3.05) is 13.7 Å². The highest BCUT2D eigenvalue weighted by Crippen LogP contribution is 2.31. The normalized spacial score (nSPS) is 27.1. The van der Waals surface area contributed by atoms with E-state index in [0.717, 1.165) is 4.57 Å². The van der Waals surface area contributed by atoms with Gasteiger partial charge in [0, 0.05) is 26.2 Å². The molecule has 2 heterocycles. The fourth-order valence-electron chi connectivity index (χ4n) is 2.40. The zero-order valence-corrected chi connectivity index (χ0v) is 12.4. The van der Waals surface area contributed by atoms with E-state index < -0.39 is 42.3 Å². The molecule has 23 heavy (non-hydrogen) atoms. The number of aromatic amines is 1. The molecule has 4 atom stereocenters. The number of aromatic nitrogens is 2. The third-order valence-corrected chi connectivity index (χ3v) is 3.75. The van der Waals surface area contributed by atoms with E-state index in [9.17, 15) is 24.6 Å². The van der Waals surface area contributed by atoms with Gasteiger partial charge in [0.2, 0.25) is 5.91 Å². The fourth-order valence-corrected chi connectivity index (χ4v) is 2.40. The van der Waals surface area contributed by atoms with Crippen molar-refractivity contribution in [1.29, 1.82) is 0 Å². The van der Waals surface area contributed by atoms with Gasteiger partial charge in [-0.15, -0.1) is 0 Å². The summed E-state index contributed by atoms with van der Waals surface area (Å²) in [5, 5.41) is 31.2. The molecule has 0 aromatic carbocycles. The predicted octanol–water partition coefficient (Wildman–Crippen LogP) is -3.17. The number of aliphatic hydroxyl groups is 3. The van der Waals surface area contributed by atoms with Crippen molar-refractivity contribution in [3.8, 4) is 0 Å². The molecule has 2 unspecified atom stereocenters. The molecule has 1 aliphatic heterocycles. The minimum atomic E-state index is -1.42. The molecule has 0 spiro atoms. The number of rotatable bonds is 5. The average Bonchev–Trinajstić information content (AvgIpc) is 2.81. The summed E-state index contributed by atoms with van der Waals surface area (Å²) in [4.78, 5) is 37.0. The van der Waals surface area contributed by atoms with Gasteiger partial charge in [0.05, 0.1) is 12.2 Å². The Morgan fingerprint density at radius 2 is 2.09 bits per heavy atom. The van der Waals surface area contributed by atoms with Gasteiger partial charge in [0.1, 0.15) is 24.4 Å². The molecule has 10 heteroatoms. The second-order valence-corrected chi connectivity index (χ2v) is 5.22. The second-order valence-electron chi connectivity index (χ2n) is 5.22. The lowest BCUT2D eigenvalue weighted by Crippen LogP contribution is -2.36. The Morgan fingerprint density at radius 3 is 2.65 bits per heavy atom. The number of nitrogens with one attached hydrogen (secondary N) is 2. The molecule has 1 saturated heterocycles. The highest BCUT2D eigenvalue weighted by Gasteiger charge is 2.44. The maximum Gasteiger partial charge on any atom is 0.328 e. The van der Waals surface area contributed by atoms with E-state index in [1.54, 1.807) is 0 Å². The quantitative estimate of drug-likeness (QED) is 0.382. The van der Waals surface area contributed by atoms with Crippen molar-refractivity contribution >= 4 is 5.91 Å². The summed E-state index contributed by atoms with van der Waals surface area (Å²) in [6.07, 6.45) is -3.77. The molecule has 128 valence electrons. The van der Waals surface area contributed by atoms with Gasteiger partial charge < -0.3 is 25.4 Å². The fraction of sp³-hybridized carbons (Fsp3) is 0.615. The molecule has 1 amide bonds. The van der Waals surface area contributed by atoms with Crippen LogP contribution in [0.5, 0.6) is 0 Å². The SMILES string of the molecule is CNC(=O)CCn1cc([C@@H]2O[C@H](CO)C(O)C2O)c(=O)[nH]c1=O. The van der Waals surface area contributed by atoms with Gasteiger partial charge in [-0.3, -0.25) is 19.1 Å². The van der Waals surface area contributed by atoms with Gasteiger partial charge in [-0.25, -0.2) is 4.79 Å². The van der Waals surface area contributed by atoms with Crippen LogP contribution in [0.1, 0.15) is 18.1 Å². The van der Waals surface area contributed by atoms with E-state index >= 15 is 0 Å². The first kappa shape index (κ1) is 17.3. The van der Waals surface area contributed by atoms with Crippen molar-refractivity contribution in [2.24, 2.45) is 0 Å². The molecule has 1 aliphatic rings. The van der Waals surface area contributed by atoms with Gasteiger partial charge in [-0.05, 0) is 0 Å². The number of hydrogen-bond donors (Lipinski definition) is 5. The molecule has 1 aromatic rings. The molecule has 0 bridgehead atoms. The van der Waals surface area contributed by atoms with Crippen LogP contribution in [0.15, 0.2) is 15.8 Å². The summed E-state index contributed by atoms with van der Waals surface area (Å²) in [6.45, 7) is -0.500. The molecule has 2 rings (SSSR count). The van der Waals surface area contributed by atoms with Gasteiger partial charge in [0.15, 0.2) is 0 Å². The zero-order chi connectivity index (χ0) is 17.1. The Hall–Kier alpha value is -2.01. The van der Waals surface area contributed by atoms with Gasteiger partial charge in [0.25, 0.3) is 5.56 Å². The average molecular weight is 329 g/mol. The number of carbonyl (C=O) groups is 1. The first-order chi connectivity index (χ1) is 10.9. The Labute approximate surface area is 130 Å². The molecule has 0 saturated carbocycles. The van der Waals surface area contributed by atoms with E-state index in [0.29, 0.717) is 0 Å². The van der Waals surface area contributed by atoms with E-state index in [2.05, 4.69) is 10.3 Å². The molecule has 10 nitrogen and oxygen atoms in total. The monoisotopic (exact) mass is 329 g/mol. The molecule has 5 N–H and O–H groups in total. The number of nitrogens with zero attached hydrogens (tertiary/aromatic N) is 1.